The minimum absolute atomic E-state index is 0.143. The molecule has 1 unspecified atom stereocenters. The molecule has 1 aromatic carbocycles. The van der Waals surface area contributed by atoms with Gasteiger partial charge in [0.2, 0.25) is 5.82 Å². The Morgan fingerprint density at radius 2 is 2.21 bits per heavy atom. The predicted octanol–water partition coefficient (Wildman–Crippen LogP) is 3.17. The second-order valence-electron chi connectivity index (χ2n) is 6.06. The molecule has 0 N–H and O–H groups in total. The first-order valence-corrected chi connectivity index (χ1v) is 8.26. The molecular weight excluding hydrogens is 326 g/mol. The van der Waals surface area contributed by atoms with Crippen LogP contribution in [0.4, 0.5) is 0 Å². The molecule has 2 aromatic rings. The predicted molar refractivity (Wildman–Crippen MR) is 90.1 cm³/mol. The number of hydrogen-bond acceptors (Lipinski definition) is 4. The molecule has 124 valence electrons. The summed E-state index contributed by atoms with van der Waals surface area (Å²) in [7, 11) is 1.66. The van der Waals surface area contributed by atoms with Crippen molar-refractivity contribution in [2.24, 2.45) is 0 Å². The molecule has 1 atom stereocenters. The van der Waals surface area contributed by atoms with Gasteiger partial charge in [0.25, 0.3) is 5.91 Å². The summed E-state index contributed by atoms with van der Waals surface area (Å²) in [6.45, 7) is 1.83. The lowest BCUT2D eigenvalue weighted by atomic mass is 10.2. The Hall–Kier alpha value is -2.39. The van der Waals surface area contributed by atoms with E-state index in [9.17, 15) is 4.79 Å². The SMILES string of the molecule is CC(CC#N)N(C)C(=O)c1nc(C2CC2)n(-c2ccccc2Cl)n1. The molecule has 1 amide bonds. The molecule has 1 aromatic heterocycles. The van der Waals surface area contributed by atoms with Crippen molar-refractivity contribution in [3.8, 4) is 11.8 Å². The molecule has 0 spiro atoms. The van der Waals surface area contributed by atoms with Crippen LogP contribution in [0.25, 0.3) is 5.69 Å². The van der Waals surface area contributed by atoms with E-state index < -0.39 is 0 Å². The van der Waals surface area contributed by atoms with Gasteiger partial charge in [-0.1, -0.05) is 23.7 Å². The topological polar surface area (TPSA) is 74.8 Å². The van der Waals surface area contributed by atoms with Crippen molar-refractivity contribution in [2.45, 2.75) is 38.1 Å². The summed E-state index contributed by atoms with van der Waals surface area (Å²) in [4.78, 5) is 18.6. The Morgan fingerprint density at radius 1 is 1.50 bits per heavy atom. The van der Waals surface area contributed by atoms with Crippen molar-refractivity contribution in [3.63, 3.8) is 0 Å². The summed E-state index contributed by atoms with van der Waals surface area (Å²) in [5.74, 6) is 0.944. The Labute approximate surface area is 145 Å². The Morgan fingerprint density at radius 3 is 2.83 bits per heavy atom. The van der Waals surface area contributed by atoms with Gasteiger partial charge in [-0.05, 0) is 31.9 Å². The fourth-order valence-electron chi connectivity index (χ4n) is 2.45. The first-order chi connectivity index (χ1) is 11.5. The van der Waals surface area contributed by atoms with Crippen LogP contribution in [0.3, 0.4) is 0 Å². The molecule has 0 radical (unpaired) electrons. The number of aromatic nitrogens is 3. The van der Waals surface area contributed by atoms with Gasteiger partial charge < -0.3 is 4.90 Å². The lowest BCUT2D eigenvalue weighted by Crippen LogP contribution is -2.35. The standard InChI is InChI=1S/C17H18ClN5O/c1-11(9-10-19)22(2)17(24)15-20-16(12-7-8-12)23(21-15)14-6-4-3-5-13(14)18/h3-6,11-12H,7-9H2,1-2H3. The Bertz CT molecular complexity index is 806. The third-order valence-electron chi connectivity index (χ3n) is 4.21. The molecular formula is C17H18ClN5O. The highest BCUT2D eigenvalue weighted by Crippen LogP contribution is 2.40. The summed E-state index contributed by atoms with van der Waals surface area (Å²) < 4.78 is 1.68. The number of carbonyl (C=O) groups is 1. The van der Waals surface area contributed by atoms with Crippen LogP contribution in [0.1, 0.15) is 48.5 Å². The Kier molecular flexibility index (Phi) is 4.54. The molecule has 3 rings (SSSR count). The number of hydrogen-bond donors (Lipinski definition) is 0. The fraction of sp³-hybridized carbons (Fsp3) is 0.412. The maximum absolute atomic E-state index is 12.6. The summed E-state index contributed by atoms with van der Waals surface area (Å²) in [5, 5.41) is 13.8. The average Bonchev–Trinajstić information content (AvgIpc) is 3.33. The lowest BCUT2D eigenvalue weighted by Gasteiger charge is -2.21. The number of rotatable bonds is 5. The molecule has 24 heavy (non-hydrogen) atoms. The van der Waals surface area contributed by atoms with E-state index >= 15 is 0 Å². The number of benzene rings is 1. The van der Waals surface area contributed by atoms with Gasteiger partial charge >= 0.3 is 0 Å². The van der Waals surface area contributed by atoms with E-state index in [1.807, 2.05) is 25.1 Å². The van der Waals surface area contributed by atoms with Crippen molar-refractivity contribution >= 4 is 17.5 Å². The van der Waals surface area contributed by atoms with Crippen LogP contribution in [-0.2, 0) is 0 Å². The van der Waals surface area contributed by atoms with E-state index in [0.29, 0.717) is 10.9 Å². The number of para-hydroxylation sites is 1. The van der Waals surface area contributed by atoms with Gasteiger partial charge in [-0.15, -0.1) is 5.10 Å². The summed E-state index contributed by atoms with van der Waals surface area (Å²) >= 11 is 6.28. The first-order valence-electron chi connectivity index (χ1n) is 7.89. The third kappa shape index (κ3) is 3.13. The van der Waals surface area contributed by atoms with E-state index in [-0.39, 0.29) is 24.2 Å². The fourth-order valence-corrected chi connectivity index (χ4v) is 2.66. The van der Waals surface area contributed by atoms with Crippen LogP contribution in [0.5, 0.6) is 0 Å². The largest absolute Gasteiger partial charge is 0.335 e. The van der Waals surface area contributed by atoms with Crippen molar-refractivity contribution in [1.29, 1.82) is 5.26 Å². The average molecular weight is 344 g/mol. The molecule has 6 nitrogen and oxygen atoms in total. The summed E-state index contributed by atoms with van der Waals surface area (Å²) in [6.07, 6.45) is 2.35. The summed E-state index contributed by atoms with van der Waals surface area (Å²) in [6, 6.07) is 9.26. The molecule has 0 saturated heterocycles. The van der Waals surface area contributed by atoms with Crippen LogP contribution in [0, 0.1) is 11.3 Å². The lowest BCUT2D eigenvalue weighted by molar-refractivity contribution is 0.0734. The van der Waals surface area contributed by atoms with E-state index in [0.717, 1.165) is 24.4 Å². The quantitative estimate of drug-likeness (QED) is 0.835. The van der Waals surface area contributed by atoms with Gasteiger partial charge in [-0.25, -0.2) is 9.67 Å². The zero-order valence-electron chi connectivity index (χ0n) is 13.6. The van der Waals surface area contributed by atoms with E-state index in [1.54, 1.807) is 17.8 Å². The van der Waals surface area contributed by atoms with Crippen LogP contribution in [-0.4, -0.2) is 38.7 Å². The number of amides is 1. The van der Waals surface area contributed by atoms with Gasteiger partial charge in [0, 0.05) is 19.0 Å². The van der Waals surface area contributed by atoms with Gasteiger partial charge in [-0.3, -0.25) is 4.79 Å². The highest BCUT2D eigenvalue weighted by molar-refractivity contribution is 6.32. The van der Waals surface area contributed by atoms with Crippen molar-refractivity contribution in [3.05, 3.63) is 40.9 Å². The molecule has 7 heteroatoms. The number of carbonyl (C=O) groups excluding carboxylic acids is 1. The van der Waals surface area contributed by atoms with Gasteiger partial charge in [-0.2, -0.15) is 5.26 Å². The van der Waals surface area contributed by atoms with Crippen LogP contribution < -0.4 is 0 Å². The van der Waals surface area contributed by atoms with Crippen molar-refractivity contribution in [1.82, 2.24) is 19.7 Å². The second kappa shape index (κ2) is 6.62. The highest BCUT2D eigenvalue weighted by Gasteiger charge is 2.33. The smallest absolute Gasteiger partial charge is 0.293 e. The van der Waals surface area contributed by atoms with Gasteiger partial charge in [0.15, 0.2) is 0 Å². The molecule has 0 aliphatic heterocycles. The first kappa shape index (κ1) is 16.5. The molecule has 1 fully saturated rings. The van der Waals surface area contributed by atoms with Crippen molar-refractivity contribution < 1.29 is 4.79 Å². The molecule has 1 aliphatic carbocycles. The number of halogens is 1. The number of nitrogens with zero attached hydrogens (tertiary/aromatic N) is 5. The maximum atomic E-state index is 12.6. The third-order valence-corrected chi connectivity index (χ3v) is 4.53. The van der Waals surface area contributed by atoms with E-state index in [1.165, 1.54) is 4.90 Å². The molecule has 1 aliphatic rings. The number of nitriles is 1. The van der Waals surface area contributed by atoms with Crippen LogP contribution in [0.2, 0.25) is 5.02 Å². The minimum atomic E-state index is -0.287. The van der Waals surface area contributed by atoms with Crippen LogP contribution >= 0.6 is 11.6 Å². The molecule has 1 saturated carbocycles. The normalized spacial score (nSPS) is 14.9. The zero-order chi connectivity index (χ0) is 17.3. The van der Waals surface area contributed by atoms with E-state index in [2.05, 4.69) is 16.2 Å². The molecule has 0 bridgehead atoms. The Balaban J connectivity index is 1.97. The van der Waals surface area contributed by atoms with Crippen LogP contribution in [0.15, 0.2) is 24.3 Å². The van der Waals surface area contributed by atoms with Gasteiger partial charge in [0.05, 0.1) is 23.2 Å². The van der Waals surface area contributed by atoms with E-state index in [4.69, 9.17) is 16.9 Å². The highest BCUT2D eigenvalue weighted by atomic mass is 35.5. The molecule has 1 heterocycles. The minimum Gasteiger partial charge on any atom is -0.335 e. The summed E-state index contributed by atoms with van der Waals surface area (Å²) in [5.41, 5.74) is 0.723. The zero-order valence-corrected chi connectivity index (χ0v) is 14.4. The van der Waals surface area contributed by atoms with Gasteiger partial charge in [0.1, 0.15) is 5.82 Å². The second-order valence-corrected chi connectivity index (χ2v) is 6.47. The van der Waals surface area contributed by atoms with Crippen molar-refractivity contribution in [2.75, 3.05) is 7.05 Å². The monoisotopic (exact) mass is 343 g/mol. The maximum Gasteiger partial charge on any atom is 0.293 e.